The first-order valence-corrected chi connectivity index (χ1v) is 29.2. The Morgan fingerprint density at radius 1 is 0.452 bits per heavy atom. The standard InChI is InChI=1S/C77H60BN3O3/c1-48-36-69-75-70(37-48)81(66-35-31-54(76(2,3)4)43-61(66)49-20-10-7-11-21-49)68-46-74-73(82-47-83-74)45-65(68)78(75)64-34-32-57(79(55-23-12-8-13-24-55)56-25-14-9-15-26-56)44-67(64)80(69)58-39-52(38-53(40-58)72-42-51-22-16-19-29-71(51)84-72)50-30-33-60-59-27-17-18-28-62(59)77(5,6)63(60)41-50/h7-46H,47H2,1-6H3. The van der Waals surface area contributed by atoms with Gasteiger partial charge >= 0.3 is 0 Å². The van der Waals surface area contributed by atoms with Crippen LogP contribution in [0.1, 0.15) is 56.9 Å². The molecule has 84 heavy (non-hydrogen) atoms. The highest BCUT2D eigenvalue weighted by molar-refractivity contribution is 7.00. The lowest BCUT2D eigenvalue weighted by molar-refractivity contribution is 0.174. The normalized spacial score (nSPS) is 14.0. The summed E-state index contributed by atoms with van der Waals surface area (Å²) in [5.74, 6) is 2.30. The Morgan fingerprint density at radius 2 is 1.11 bits per heavy atom. The summed E-state index contributed by atoms with van der Waals surface area (Å²) in [5, 5.41) is 1.06. The molecule has 0 spiro atoms. The van der Waals surface area contributed by atoms with Gasteiger partial charge in [0.1, 0.15) is 11.3 Å². The number of rotatable bonds is 8. The molecule has 11 aromatic carbocycles. The quantitative estimate of drug-likeness (QED) is 0.141. The highest BCUT2D eigenvalue weighted by Gasteiger charge is 2.46. The van der Waals surface area contributed by atoms with Gasteiger partial charge in [0.2, 0.25) is 6.79 Å². The monoisotopic (exact) mass is 1090 g/mol. The molecule has 1 aromatic heterocycles. The van der Waals surface area contributed by atoms with Crippen LogP contribution in [0.25, 0.3) is 55.7 Å². The van der Waals surface area contributed by atoms with E-state index in [0.717, 1.165) is 118 Å². The Bertz CT molecular complexity index is 4570. The number of benzene rings is 11. The van der Waals surface area contributed by atoms with Gasteiger partial charge in [-0.05, 0) is 182 Å². The van der Waals surface area contributed by atoms with Crippen LogP contribution >= 0.6 is 0 Å². The molecule has 3 aliphatic heterocycles. The topological polar surface area (TPSA) is 41.3 Å². The molecule has 404 valence electrons. The summed E-state index contributed by atoms with van der Waals surface area (Å²) in [4.78, 5) is 7.44. The molecular formula is C77H60BN3O3. The van der Waals surface area contributed by atoms with Crippen LogP contribution in [0.3, 0.4) is 0 Å². The van der Waals surface area contributed by atoms with Crippen molar-refractivity contribution in [1.29, 1.82) is 0 Å². The van der Waals surface area contributed by atoms with Crippen molar-refractivity contribution in [2.75, 3.05) is 21.5 Å². The fourth-order valence-corrected chi connectivity index (χ4v) is 13.9. The Morgan fingerprint density at radius 3 is 1.86 bits per heavy atom. The Labute approximate surface area is 491 Å². The third-order valence-corrected chi connectivity index (χ3v) is 18.0. The van der Waals surface area contributed by atoms with Gasteiger partial charge in [0.15, 0.2) is 11.5 Å². The molecule has 4 aliphatic rings. The van der Waals surface area contributed by atoms with E-state index in [1.165, 1.54) is 38.7 Å². The number of nitrogens with zero attached hydrogens (tertiary/aromatic N) is 3. The van der Waals surface area contributed by atoms with Crippen molar-refractivity contribution >= 4 is 85.3 Å². The van der Waals surface area contributed by atoms with E-state index in [2.05, 4.69) is 293 Å². The molecule has 0 atom stereocenters. The molecule has 1 aliphatic carbocycles. The number of aryl methyl sites for hydroxylation is 1. The smallest absolute Gasteiger partial charge is 0.252 e. The van der Waals surface area contributed by atoms with Crippen LogP contribution in [0.2, 0.25) is 0 Å². The third kappa shape index (κ3) is 7.86. The van der Waals surface area contributed by atoms with Crippen molar-refractivity contribution < 1.29 is 13.9 Å². The lowest BCUT2D eigenvalue weighted by Crippen LogP contribution is -2.61. The first-order chi connectivity index (χ1) is 40.9. The maximum Gasteiger partial charge on any atom is 0.252 e. The Hall–Kier alpha value is -9.98. The van der Waals surface area contributed by atoms with Gasteiger partial charge in [-0.25, -0.2) is 0 Å². The van der Waals surface area contributed by atoms with E-state index >= 15 is 0 Å². The lowest BCUT2D eigenvalue weighted by atomic mass is 9.33. The van der Waals surface area contributed by atoms with Crippen molar-refractivity contribution in [2.45, 2.75) is 52.4 Å². The van der Waals surface area contributed by atoms with Gasteiger partial charge in [-0.15, -0.1) is 0 Å². The minimum Gasteiger partial charge on any atom is -0.456 e. The second kappa shape index (κ2) is 18.8. The molecule has 12 aromatic rings. The summed E-state index contributed by atoms with van der Waals surface area (Å²) >= 11 is 0. The van der Waals surface area contributed by atoms with E-state index in [9.17, 15) is 0 Å². The molecule has 16 rings (SSSR count). The number of fused-ring (bicyclic) bond motifs is 9. The molecule has 0 saturated heterocycles. The molecule has 0 fully saturated rings. The minimum atomic E-state index is -0.203. The number of para-hydroxylation sites is 3. The zero-order valence-corrected chi connectivity index (χ0v) is 47.9. The summed E-state index contributed by atoms with van der Waals surface area (Å²) in [6.07, 6.45) is 0. The van der Waals surface area contributed by atoms with Gasteiger partial charge in [0.05, 0.1) is 5.69 Å². The van der Waals surface area contributed by atoms with E-state index in [1.807, 2.05) is 6.07 Å². The van der Waals surface area contributed by atoms with Gasteiger partial charge in [0, 0.05) is 73.5 Å². The molecule has 0 bridgehead atoms. The second-order valence-electron chi connectivity index (χ2n) is 24.5. The van der Waals surface area contributed by atoms with E-state index in [1.54, 1.807) is 0 Å². The highest BCUT2D eigenvalue weighted by atomic mass is 16.7. The van der Waals surface area contributed by atoms with Crippen LogP contribution in [0, 0.1) is 6.92 Å². The van der Waals surface area contributed by atoms with Crippen LogP contribution in [-0.2, 0) is 10.8 Å². The number of hydrogen-bond acceptors (Lipinski definition) is 6. The summed E-state index contributed by atoms with van der Waals surface area (Å²) in [6.45, 7) is 13.8. The van der Waals surface area contributed by atoms with E-state index in [-0.39, 0.29) is 24.3 Å². The van der Waals surface area contributed by atoms with Crippen molar-refractivity contribution in [3.63, 3.8) is 0 Å². The molecule has 6 nitrogen and oxygen atoms in total. The number of anilines is 9. The zero-order chi connectivity index (χ0) is 56.6. The SMILES string of the molecule is Cc1cc2c3c(c1)N(c1ccc(C(C)(C)C)cc1-c1ccccc1)c1cc4c(cc1B3c1ccc(N(c3ccccc3)c3ccccc3)cc1N2c1cc(-c2ccc3c(c2)C(C)(C)c2ccccc2-3)cc(-c2cc3ccccc3o2)c1)OCO4. The summed E-state index contributed by atoms with van der Waals surface area (Å²) in [5.41, 5.74) is 27.0. The first kappa shape index (κ1) is 49.8. The Kier molecular flexibility index (Phi) is 11.1. The third-order valence-electron chi connectivity index (χ3n) is 18.0. The highest BCUT2D eigenvalue weighted by Crippen LogP contribution is 2.53. The van der Waals surface area contributed by atoms with Crippen molar-refractivity contribution in [2.24, 2.45) is 0 Å². The van der Waals surface area contributed by atoms with E-state index < -0.39 is 0 Å². The molecule has 0 unspecified atom stereocenters. The van der Waals surface area contributed by atoms with Crippen molar-refractivity contribution in [3.05, 3.63) is 265 Å². The maximum atomic E-state index is 6.87. The van der Waals surface area contributed by atoms with Gasteiger partial charge < -0.3 is 28.6 Å². The number of hydrogen-bond donors (Lipinski definition) is 0. The second-order valence-corrected chi connectivity index (χ2v) is 24.5. The zero-order valence-electron chi connectivity index (χ0n) is 47.9. The van der Waals surface area contributed by atoms with Crippen LogP contribution in [-0.4, -0.2) is 13.5 Å². The largest absolute Gasteiger partial charge is 0.456 e. The lowest BCUT2D eigenvalue weighted by Gasteiger charge is -2.45. The average Bonchev–Trinajstić information content (AvgIpc) is 1.64. The van der Waals surface area contributed by atoms with Gasteiger partial charge in [0.25, 0.3) is 6.71 Å². The molecule has 7 heteroatoms. The predicted molar refractivity (Wildman–Crippen MR) is 348 cm³/mol. The summed E-state index contributed by atoms with van der Waals surface area (Å²) in [7, 11) is 0. The summed E-state index contributed by atoms with van der Waals surface area (Å²) < 4.78 is 19.5. The Balaban J connectivity index is 0.993. The van der Waals surface area contributed by atoms with Gasteiger partial charge in [-0.3, -0.25) is 0 Å². The van der Waals surface area contributed by atoms with Crippen LogP contribution in [0.15, 0.2) is 247 Å². The fourth-order valence-electron chi connectivity index (χ4n) is 13.9. The van der Waals surface area contributed by atoms with Gasteiger partial charge in [-0.1, -0.05) is 168 Å². The van der Waals surface area contributed by atoms with Crippen LogP contribution in [0.5, 0.6) is 11.5 Å². The summed E-state index contributed by atoms with van der Waals surface area (Å²) in [6, 6.07) is 89.4. The fraction of sp³-hybridized carbons (Fsp3) is 0.117. The first-order valence-electron chi connectivity index (χ1n) is 29.2. The molecule has 4 heterocycles. The van der Waals surface area contributed by atoms with Crippen molar-refractivity contribution in [1.82, 2.24) is 0 Å². The average molecular weight is 1090 g/mol. The predicted octanol–water partition coefficient (Wildman–Crippen LogP) is 18.6. The van der Waals surface area contributed by atoms with Gasteiger partial charge in [-0.2, -0.15) is 0 Å². The van der Waals surface area contributed by atoms with E-state index in [0.29, 0.717) is 0 Å². The van der Waals surface area contributed by atoms with Crippen LogP contribution in [0.4, 0.5) is 51.2 Å². The molecular weight excluding hydrogens is 1030 g/mol. The number of ether oxygens (including phenoxy) is 2. The number of furan rings is 1. The minimum absolute atomic E-state index is 0.0854. The molecule has 0 N–H and O–H groups in total. The molecule has 0 saturated carbocycles. The molecule has 0 amide bonds. The van der Waals surface area contributed by atoms with E-state index in [4.69, 9.17) is 13.9 Å². The van der Waals surface area contributed by atoms with Crippen LogP contribution < -0.4 is 40.6 Å². The van der Waals surface area contributed by atoms with Crippen molar-refractivity contribution in [3.8, 4) is 56.2 Å². The maximum absolute atomic E-state index is 6.87. The molecule has 0 radical (unpaired) electrons.